The Morgan fingerprint density at radius 1 is 1.20 bits per heavy atom. The summed E-state index contributed by atoms with van der Waals surface area (Å²) >= 11 is 1.30. The average Bonchev–Trinajstić information content (AvgIpc) is 3.36. The van der Waals surface area contributed by atoms with E-state index < -0.39 is 0 Å². The van der Waals surface area contributed by atoms with E-state index in [1.54, 1.807) is 18.4 Å². The van der Waals surface area contributed by atoms with Gasteiger partial charge in [0.2, 0.25) is 5.91 Å². The van der Waals surface area contributed by atoms with E-state index in [0.29, 0.717) is 22.1 Å². The molecule has 156 valence electrons. The molecule has 0 aliphatic heterocycles. The van der Waals surface area contributed by atoms with Crippen LogP contribution in [0.25, 0.3) is 0 Å². The van der Waals surface area contributed by atoms with Crippen LogP contribution in [0.1, 0.15) is 64.3 Å². The summed E-state index contributed by atoms with van der Waals surface area (Å²) in [6.07, 6.45) is 6.42. The summed E-state index contributed by atoms with van der Waals surface area (Å²) in [5.41, 5.74) is 5.09. The molecule has 1 aromatic carbocycles. The van der Waals surface area contributed by atoms with Crippen molar-refractivity contribution in [2.75, 3.05) is 5.32 Å². The largest absolute Gasteiger partial charge is 0.469 e. The predicted molar refractivity (Wildman–Crippen MR) is 117 cm³/mol. The van der Waals surface area contributed by atoms with E-state index in [4.69, 9.17) is 4.42 Å². The molecule has 1 aliphatic rings. The van der Waals surface area contributed by atoms with Crippen molar-refractivity contribution in [3.05, 3.63) is 69.6 Å². The summed E-state index contributed by atoms with van der Waals surface area (Å²) in [6.45, 7) is 3.73. The van der Waals surface area contributed by atoms with Crippen molar-refractivity contribution in [3.63, 3.8) is 0 Å². The first-order valence-corrected chi connectivity index (χ1v) is 11.1. The van der Waals surface area contributed by atoms with Crippen LogP contribution in [0.5, 0.6) is 0 Å². The quantitative estimate of drug-likeness (QED) is 0.607. The van der Waals surface area contributed by atoms with E-state index in [0.717, 1.165) is 18.4 Å². The fraction of sp³-hybridized carbons (Fsp3) is 0.348. The fourth-order valence-corrected chi connectivity index (χ4v) is 4.50. The van der Waals surface area contributed by atoms with Gasteiger partial charge in [0.05, 0.1) is 30.0 Å². The van der Waals surface area contributed by atoms with Crippen LogP contribution in [0.2, 0.25) is 0 Å². The SMILES string of the molecule is Cc1occc1C(=O)Nc1nc(CC(=O)N[C@@H](C)c2ccc3c(c2)CCCC3)cs1. The third-order valence-electron chi connectivity index (χ3n) is 5.47. The lowest BCUT2D eigenvalue weighted by atomic mass is 9.89. The first-order valence-electron chi connectivity index (χ1n) is 10.2. The number of furan rings is 1. The molecule has 2 N–H and O–H groups in total. The minimum atomic E-state index is -0.271. The van der Waals surface area contributed by atoms with Gasteiger partial charge in [0.1, 0.15) is 5.76 Å². The highest BCUT2D eigenvalue weighted by Gasteiger charge is 2.17. The Bertz CT molecular complexity index is 1070. The first kappa shape index (κ1) is 20.3. The van der Waals surface area contributed by atoms with Gasteiger partial charge in [-0.05, 0) is 62.3 Å². The molecule has 7 heteroatoms. The minimum Gasteiger partial charge on any atom is -0.469 e. The van der Waals surface area contributed by atoms with E-state index in [1.165, 1.54) is 41.6 Å². The summed E-state index contributed by atoms with van der Waals surface area (Å²) in [6, 6.07) is 8.10. The van der Waals surface area contributed by atoms with Gasteiger partial charge < -0.3 is 9.73 Å². The summed E-state index contributed by atoms with van der Waals surface area (Å²) < 4.78 is 5.15. The lowest BCUT2D eigenvalue weighted by Crippen LogP contribution is -2.28. The monoisotopic (exact) mass is 423 g/mol. The van der Waals surface area contributed by atoms with Crippen molar-refractivity contribution in [1.29, 1.82) is 0 Å². The number of rotatable bonds is 6. The molecule has 0 bridgehead atoms. The number of hydrogen-bond acceptors (Lipinski definition) is 5. The number of nitrogens with zero attached hydrogens (tertiary/aromatic N) is 1. The van der Waals surface area contributed by atoms with Gasteiger partial charge in [-0.2, -0.15) is 0 Å². The molecular formula is C23H25N3O3S. The minimum absolute atomic E-state index is 0.0633. The summed E-state index contributed by atoms with van der Waals surface area (Å²) in [5, 5.41) is 8.07. The molecule has 0 fully saturated rings. The average molecular weight is 424 g/mol. The fourth-order valence-electron chi connectivity index (χ4n) is 3.79. The normalized spacial score (nSPS) is 14.1. The second kappa shape index (κ2) is 8.83. The van der Waals surface area contributed by atoms with Crippen molar-refractivity contribution in [2.24, 2.45) is 0 Å². The van der Waals surface area contributed by atoms with Crippen LogP contribution in [0.4, 0.5) is 5.13 Å². The van der Waals surface area contributed by atoms with Crippen LogP contribution in [-0.4, -0.2) is 16.8 Å². The Morgan fingerprint density at radius 2 is 2.00 bits per heavy atom. The highest BCUT2D eigenvalue weighted by atomic mass is 32.1. The summed E-state index contributed by atoms with van der Waals surface area (Å²) in [7, 11) is 0. The van der Waals surface area contributed by atoms with Crippen molar-refractivity contribution in [3.8, 4) is 0 Å². The van der Waals surface area contributed by atoms with Gasteiger partial charge in [-0.1, -0.05) is 18.2 Å². The molecule has 6 nitrogen and oxygen atoms in total. The Balaban J connectivity index is 1.33. The molecule has 0 saturated heterocycles. The number of hydrogen-bond donors (Lipinski definition) is 2. The molecule has 0 radical (unpaired) electrons. The zero-order valence-electron chi connectivity index (χ0n) is 17.2. The standard InChI is InChI=1S/C23H25N3O3S/c1-14(17-8-7-16-5-3-4-6-18(16)11-17)24-21(27)12-19-13-30-23(25-19)26-22(28)20-9-10-29-15(20)2/h7-11,13-14H,3-6,12H2,1-2H3,(H,24,27)(H,25,26,28)/t14-/m0/s1. The van der Waals surface area contributed by atoms with Gasteiger partial charge in [0.15, 0.2) is 5.13 Å². The van der Waals surface area contributed by atoms with Gasteiger partial charge in [0, 0.05) is 5.38 Å². The zero-order valence-corrected chi connectivity index (χ0v) is 18.0. The molecule has 1 atom stereocenters. The maximum Gasteiger partial charge on any atom is 0.260 e. The van der Waals surface area contributed by atoms with Crippen LogP contribution >= 0.6 is 11.3 Å². The zero-order chi connectivity index (χ0) is 21.1. The molecule has 30 heavy (non-hydrogen) atoms. The molecular weight excluding hydrogens is 398 g/mol. The molecule has 2 heterocycles. The second-order valence-corrected chi connectivity index (χ2v) is 8.55. The number of aryl methyl sites for hydroxylation is 3. The van der Waals surface area contributed by atoms with Crippen LogP contribution < -0.4 is 10.6 Å². The van der Waals surface area contributed by atoms with Crippen LogP contribution in [0.15, 0.2) is 40.3 Å². The smallest absolute Gasteiger partial charge is 0.260 e. The molecule has 4 rings (SSSR count). The van der Waals surface area contributed by atoms with E-state index in [9.17, 15) is 9.59 Å². The molecule has 1 aliphatic carbocycles. The lowest BCUT2D eigenvalue weighted by Gasteiger charge is -2.20. The molecule has 0 spiro atoms. The van der Waals surface area contributed by atoms with Crippen molar-refractivity contribution < 1.29 is 14.0 Å². The Morgan fingerprint density at radius 3 is 2.77 bits per heavy atom. The van der Waals surface area contributed by atoms with Crippen molar-refractivity contribution in [2.45, 2.75) is 52.0 Å². The number of amides is 2. The van der Waals surface area contributed by atoms with E-state index in [2.05, 4.69) is 33.8 Å². The maximum atomic E-state index is 12.5. The molecule has 3 aromatic rings. The van der Waals surface area contributed by atoms with Gasteiger partial charge in [-0.15, -0.1) is 11.3 Å². The maximum absolute atomic E-state index is 12.5. The summed E-state index contributed by atoms with van der Waals surface area (Å²) in [5.74, 6) is 0.196. The number of nitrogens with one attached hydrogen (secondary N) is 2. The van der Waals surface area contributed by atoms with E-state index in [1.807, 2.05) is 6.92 Å². The lowest BCUT2D eigenvalue weighted by molar-refractivity contribution is -0.121. The Kier molecular flexibility index (Phi) is 5.99. The van der Waals surface area contributed by atoms with E-state index >= 15 is 0 Å². The summed E-state index contributed by atoms with van der Waals surface area (Å²) in [4.78, 5) is 29.1. The van der Waals surface area contributed by atoms with E-state index in [-0.39, 0.29) is 24.3 Å². The van der Waals surface area contributed by atoms with Crippen LogP contribution in [-0.2, 0) is 24.1 Å². The van der Waals surface area contributed by atoms with Crippen molar-refractivity contribution >= 4 is 28.3 Å². The molecule has 0 unspecified atom stereocenters. The predicted octanol–water partition coefficient (Wildman–Crippen LogP) is 4.60. The van der Waals surface area contributed by atoms with Gasteiger partial charge >= 0.3 is 0 Å². The number of aromatic nitrogens is 1. The molecule has 2 amide bonds. The topological polar surface area (TPSA) is 84.2 Å². The Hall–Kier alpha value is -2.93. The van der Waals surface area contributed by atoms with Gasteiger partial charge in [-0.25, -0.2) is 4.98 Å². The van der Waals surface area contributed by atoms with Crippen LogP contribution in [0, 0.1) is 6.92 Å². The number of benzene rings is 1. The first-order chi connectivity index (χ1) is 14.5. The van der Waals surface area contributed by atoms with Gasteiger partial charge in [0.25, 0.3) is 5.91 Å². The number of fused-ring (bicyclic) bond motifs is 1. The van der Waals surface area contributed by atoms with Crippen LogP contribution in [0.3, 0.4) is 0 Å². The van der Waals surface area contributed by atoms with Gasteiger partial charge in [-0.3, -0.25) is 14.9 Å². The third kappa shape index (κ3) is 4.62. The number of carbonyl (C=O) groups is 2. The van der Waals surface area contributed by atoms with Crippen molar-refractivity contribution in [1.82, 2.24) is 10.3 Å². The number of thiazole rings is 1. The molecule has 0 saturated carbocycles. The highest BCUT2D eigenvalue weighted by molar-refractivity contribution is 7.14. The number of carbonyl (C=O) groups excluding carboxylic acids is 2. The highest BCUT2D eigenvalue weighted by Crippen LogP contribution is 2.25. The third-order valence-corrected chi connectivity index (χ3v) is 6.27. The second-order valence-electron chi connectivity index (χ2n) is 7.69. The number of anilines is 1. The Labute approximate surface area is 179 Å². The molecule has 2 aromatic heterocycles.